The van der Waals surface area contributed by atoms with E-state index < -0.39 is 6.48 Å². The minimum atomic E-state index is -1.24. The molecule has 2 unspecified atom stereocenters. The second kappa shape index (κ2) is 38.5. The summed E-state index contributed by atoms with van der Waals surface area (Å²) < 4.78 is 28.7. The highest BCUT2D eigenvalue weighted by Gasteiger charge is 2.23. The standard InChI is InChI=1S/C47H89NO9/c1-5-8-11-14-15-16-17-18-21-22-29-42(56-47(52)57-43-34-36-48(4)37-35-43)30-27-38-53-44(49)33-26-25-28-41(39-54-45(50)31-23-19-12-9-6-2)40-55-46(51)32-24-20-13-10-7-3/h41-43,47,52H,5-40H2,1-4H3. The molecular weight excluding hydrogens is 723 g/mol. The molecule has 0 amide bonds. The molecule has 2 atom stereocenters. The average molecular weight is 812 g/mol. The number of unbranched alkanes of at least 4 members (excludes halogenated alkanes) is 18. The lowest BCUT2D eigenvalue weighted by atomic mass is 10.0. The van der Waals surface area contributed by atoms with Gasteiger partial charge < -0.3 is 33.7 Å². The third-order valence-electron chi connectivity index (χ3n) is 11.3. The van der Waals surface area contributed by atoms with E-state index in [2.05, 4.69) is 32.7 Å². The van der Waals surface area contributed by atoms with Gasteiger partial charge in [0.2, 0.25) is 0 Å². The number of hydrogen-bond donors (Lipinski definition) is 1. The van der Waals surface area contributed by atoms with Crippen molar-refractivity contribution >= 4 is 17.9 Å². The quantitative estimate of drug-likeness (QED) is 0.0277. The van der Waals surface area contributed by atoms with E-state index in [1.807, 2.05) is 0 Å². The number of aliphatic hydroxyl groups excluding tert-OH is 1. The van der Waals surface area contributed by atoms with Crippen LogP contribution in [-0.4, -0.2) is 86.6 Å². The smallest absolute Gasteiger partial charge is 0.305 e. The van der Waals surface area contributed by atoms with E-state index in [4.69, 9.17) is 23.7 Å². The van der Waals surface area contributed by atoms with Crippen molar-refractivity contribution in [2.75, 3.05) is 40.0 Å². The van der Waals surface area contributed by atoms with Gasteiger partial charge in [-0.25, -0.2) is 0 Å². The second-order valence-electron chi connectivity index (χ2n) is 16.8. The zero-order valence-corrected chi connectivity index (χ0v) is 37.4. The maximum atomic E-state index is 12.6. The van der Waals surface area contributed by atoms with Crippen LogP contribution in [0.25, 0.3) is 0 Å². The van der Waals surface area contributed by atoms with Gasteiger partial charge in [-0.1, -0.05) is 143 Å². The lowest BCUT2D eigenvalue weighted by Crippen LogP contribution is -2.37. The van der Waals surface area contributed by atoms with E-state index in [0.717, 1.165) is 103 Å². The molecule has 0 aromatic rings. The van der Waals surface area contributed by atoms with Crippen molar-refractivity contribution in [1.82, 2.24) is 4.90 Å². The molecule has 0 aromatic heterocycles. The molecule has 0 saturated carbocycles. The highest BCUT2D eigenvalue weighted by atomic mass is 16.8. The summed E-state index contributed by atoms with van der Waals surface area (Å²) >= 11 is 0. The number of rotatable bonds is 40. The number of carbonyl (C=O) groups excluding carboxylic acids is 3. The van der Waals surface area contributed by atoms with Gasteiger partial charge in [-0.05, 0) is 64.8 Å². The van der Waals surface area contributed by atoms with Crippen LogP contribution < -0.4 is 0 Å². The van der Waals surface area contributed by atoms with Crippen LogP contribution in [0.3, 0.4) is 0 Å². The number of likely N-dealkylation sites (tertiary alicyclic amines) is 1. The first kappa shape index (κ1) is 53.3. The first-order chi connectivity index (χ1) is 27.8. The Kier molecular flexibility index (Phi) is 35.9. The molecular formula is C47H89NO9. The van der Waals surface area contributed by atoms with Crippen LogP contribution in [-0.2, 0) is 38.1 Å². The molecule has 10 nitrogen and oxygen atoms in total. The minimum Gasteiger partial charge on any atom is -0.466 e. The summed E-state index contributed by atoms with van der Waals surface area (Å²) in [6.07, 6.45) is 30.4. The Balaban J connectivity index is 2.45. The number of piperidine rings is 1. The van der Waals surface area contributed by atoms with Crippen LogP contribution in [0.4, 0.5) is 0 Å². The highest BCUT2D eigenvalue weighted by Crippen LogP contribution is 2.20. The largest absolute Gasteiger partial charge is 0.466 e. The van der Waals surface area contributed by atoms with Gasteiger partial charge in [0.1, 0.15) is 0 Å². The van der Waals surface area contributed by atoms with Crippen LogP contribution in [0.2, 0.25) is 0 Å². The van der Waals surface area contributed by atoms with Gasteiger partial charge in [0.05, 0.1) is 32.0 Å². The van der Waals surface area contributed by atoms with Crippen molar-refractivity contribution in [3.63, 3.8) is 0 Å². The first-order valence-electron chi connectivity index (χ1n) is 23.9. The summed E-state index contributed by atoms with van der Waals surface area (Å²) in [6, 6.07) is 0. The Bertz CT molecular complexity index is 912. The zero-order chi connectivity index (χ0) is 41.6. The molecule has 0 aliphatic carbocycles. The van der Waals surface area contributed by atoms with E-state index in [-0.39, 0.29) is 49.2 Å². The molecule has 57 heavy (non-hydrogen) atoms. The highest BCUT2D eigenvalue weighted by molar-refractivity contribution is 5.70. The Morgan fingerprint density at radius 3 is 1.46 bits per heavy atom. The van der Waals surface area contributed by atoms with Gasteiger partial charge >= 0.3 is 17.9 Å². The molecule has 0 radical (unpaired) electrons. The lowest BCUT2D eigenvalue weighted by molar-refractivity contribution is -0.303. The summed E-state index contributed by atoms with van der Waals surface area (Å²) in [5.74, 6) is -0.718. The predicted octanol–water partition coefficient (Wildman–Crippen LogP) is 11.4. The molecule has 1 N–H and O–H groups in total. The molecule has 1 rings (SSSR count). The predicted molar refractivity (Wildman–Crippen MR) is 230 cm³/mol. The maximum Gasteiger partial charge on any atom is 0.305 e. The SMILES string of the molecule is CCCCCCCCCCCCC(CCCOC(=O)CCCCC(COC(=O)CCCCCCC)COC(=O)CCCCCCC)OC(O)OC1CCN(C)CC1. The number of aliphatic hydroxyl groups is 1. The molecule has 1 aliphatic heterocycles. The lowest BCUT2D eigenvalue weighted by Gasteiger charge is -2.31. The zero-order valence-electron chi connectivity index (χ0n) is 37.4. The fourth-order valence-corrected chi connectivity index (χ4v) is 7.42. The summed E-state index contributed by atoms with van der Waals surface area (Å²) in [5.41, 5.74) is 0. The second-order valence-corrected chi connectivity index (χ2v) is 16.8. The number of carbonyl (C=O) groups is 3. The van der Waals surface area contributed by atoms with Crippen molar-refractivity contribution in [2.45, 2.75) is 239 Å². The number of esters is 3. The van der Waals surface area contributed by atoms with Crippen LogP contribution in [0.1, 0.15) is 220 Å². The van der Waals surface area contributed by atoms with Crippen LogP contribution in [0.15, 0.2) is 0 Å². The molecule has 0 aromatic carbocycles. The molecule has 1 aliphatic rings. The van der Waals surface area contributed by atoms with Gasteiger partial charge in [-0.15, -0.1) is 0 Å². The topological polar surface area (TPSA) is 121 Å². The Hall–Kier alpha value is -1.75. The molecule has 1 fully saturated rings. The van der Waals surface area contributed by atoms with Gasteiger partial charge in [-0.2, -0.15) is 0 Å². The van der Waals surface area contributed by atoms with Gasteiger partial charge in [0, 0.05) is 38.3 Å². The van der Waals surface area contributed by atoms with Crippen molar-refractivity contribution in [1.29, 1.82) is 0 Å². The minimum absolute atomic E-state index is 0.00524. The summed E-state index contributed by atoms with van der Waals surface area (Å²) in [7, 11) is 2.10. The van der Waals surface area contributed by atoms with E-state index in [9.17, 15) is 19.5 Å². The molecule has 1 saturated heterocycles. The first-order valence-corrected chi connectivity index (χ1v) is 23.9. The summed E-state index contributed by atoms with van der Waals surface area (Å²) in [5, 5.41) is 10.7. The van der Waals surface area contributed by atoms with E-state index in [1.165, 1.54) is 64.2 Å². The van der Waals surface area contributed by atoms with E-state index in [0.29, 0.717) is 51.6 Å². The number of ether oxygens (including phenoxy) is 5. The fraction of sp³-hybridized carbons (Fsp3) is 0.936. The van der Waals surface area contributed by atoms with Gasteiger partial charge in [0.15, 0.2) is 0 Å². The monoisotopic (exact) mass is 812 g/mol. The number of nitrogens with zero attached hydrogens (tertiary/aromatic N) is 1. The maximum absolute atomic E-state index is 12.6. The van der Waals surface area contributed by atoms with Crippen molar-refractivity contribution < 1.29 is 43.2 Å². The van der Waals surface area contributed by atoms with Crippen LogP contribution in [0, 0.1) is 5.92 Å². The fourth-order valence-electron chi connectivity index (χ4n) is 7.42. The Labute approximate surface area is 349 Å². The Morgan fingerprint density at radius 2 is 0.947 bits per heavy atom. The van der Waals surface area contributed by atoms with Crippen molar-refractivity contribution in [3.8, 4) is 0 Å². The summed E-state index contributed by atoms with van der Waals surface area (Å²) in [6.45, 7) is 8.03. The van der Waals surface area contributed by atoms with Crippen LogP contribution in [0.5, 0.6) is 0 Å². The Morgan fingerprint density at radius 1 is 0.544 bits per heavy atom. The van der Waals surface area contributed by atoms with Gasteiger partial charge in [0.25, 0.3) is 6.48 Å². The van der Waals surface area contributed by atoms with E-state index >= 15 is 0 Å². The third kappa shape index (κ3) is 33.7. The molecule has 0 bridgehead atoms. The normalized spacial score (nSPS) is 14.8. The molecule has 1 heterocycles. The average Bonchev–Trinajstić information content (AvgIpc) is 3.20. The van der Waals surface area contributed by atoms with Crippen molar-refractivity contribution in [3.05, 3.63) is 0 Å². The van der Waals surface area contributed by atoms with Gasteiger partial charge in [-0.3, -0.25) is 14.4 Å². The number of hydrogen-bond acceptors (Lipinski definition) is 10. The molecule has 0 spiro atoms. The van der Waals surface area contributed by atoms with Crippen LogP contribution >= 0.6 is 0 Å². The molecule has 336 valence electrons. The third-order valence-corrected chi connectivity index (χ3v) is 11.3. The molecule has 10 heteroatoms. The summed E-state index contributed by atoms with van der Waals surface area (Å²) in [4.78, 5) is 39.7. The van der Waals surface area contributed by atoms with Crippen molar-refractivity contribution in [2.24, 2.45) is 5.92 Å². The van der Waals surface area contributed by atoms with E-state index in [1.54, 1.807) is 0 Å².